The Kier molecular flexibility index (Phi) is 6.76. The summed E-state index contributed by atoms with van der Waals surface area (Å²) in [5.74, 6) is 0. The molecule has 0 saturated carbocycles. The Morgan fingerprint density at radius 2 is 1.80 bits per heavy atom. The van der Waals surface area contributed by atoms with E-state index in [1.807, 2.05) is 31.2 Å². The molecule has 6 nitrogen and oxygen atoms in total. The molecule has 0 fully saturated rings. The zero-order valence-electron chi connectivity index (χ0n) is 12.0. The number of hydrogen-bond acceptors (Lipinski definition) is 4. The Labute approximate surface area is 119 Å². The van der Waals surface area contributed by atoms with E-state index < -0.39 is 13.6 Å². The Hall–Kier alpha value is -1.32. The molecule has 1 aromatic carbocycles. The van der Waals surface area contributed by atoms with Gasteiger partial charge in [0.2, 0.25) is 0 Å². The van der Waals surface area contributed by atoms with E-state index in [4.69, 9.17) is 14.6 Å². The van der Waals surface area contributed by atoms with E-state index in [1.54, 1.807) is 13.8 Å². The number of rotatable bonds is 8. The molecule has 0 aliphatic rings. The van der Waals surface area contributed by atoms with Crippen LogP contribution in [0.4, 0.5) is 0 Å². The SMILES string of the molecule is CCOP(=O)(CC(N=[N+]=[N-])c1ccc(C)cc1)OCC. The van der Waals surface area contributed by atoms with E-state index in [0.717, 1.165) is 11.1 Å². The lowest BCUT2D eigenvalue weighted by Gasteiger charge is -2.20. The smallest absolute Gasteiger partial charge is 0.309 e. The predicted molar refractivity (Wildman–Crippen MR) is 78.8 cm³/mol. The zero-order chi connectivity index (χ0) is 15.0. The number of hydrogen-bond donors (Lipinski definition) is 0. The maximum absolute atomic E-state index is 12.5. The number of azide groups is 1. The van der Waals surface area contributed by atoms with Gasteiger partial charge in [0, 0.05) is 4.91 Å². The summed E-state index contributed by atoms with van der Waals surface area (Å²) in [6, 6.07) is 6.99. The molecule has 0 spiro atoms. The molecule has 1 unspecified atom stereocenters. The van der Waals surface area contributed by atoms with Crippen LogP contribution in [0.5, 0.6) is 0 Å². The molecule has 0 aliphatic heterocycles. The predicted octanol–water partition coefficient (Wildman–Crippen LogP) is 4.61. The van der Waals surface area contributed by atoms with Crippen LogP contribution in [0.25, 0.3) is 10.4 Å². The van der Waals surface area contributed by atoms with Gasteiger partial charge in [-0.15, -0.1) is 0 Å². The maximum Gasteiger partial charge on any atom is 0.331 e. The number of nitrogens with zero attached hydrogens (tertiary/aromatic N) is 3. The molecule has 0 N–H and O–H groups in total. The second-order valence-electron chi connectivity index (χ2n) is 4.26. The Morgan fingerprint density at radius 3 is 2.25 bits per heavy atom. The highest BCUT2D eigenvalue weighted by molar-refractivity contribution is 7.53. The fourth-order valence-corrected chi connectivity index (χ4v) is 3.59. The highest BCUT2D eigenvalue weighted by atomic mass is 31.2. The first-order valence-corrected chi connectivity index (χ1v) is 8.26. The highest BCUT2D eigenvalue weighted by Gasteiger charge is 2.28. The standard InChI is InChI=1S/C13H20N3O3P/c1-4-18-20(17,19-5-2)10-13(15-16-14)12-8-6-11(3)7-9-12/h6-9,13H,4-5,10H2,1-3H3. The van der Waals surface area contributed by atoms with Crippen LogP contribution >= 0.6 is 7.60 Å². The third-order valence-corrected chi connectivity index (χ3v) is 4.80. The molecule has 1 aromatic rings. The molecule has 0 heterocycles. The fourth-order valence-electron chi connectivity index (χ4n) is 1.81. The number of aryl methyl sites for hydroxylation is 1. The molecule has 0 aromatic heterocycles. The van der Waals surface area contributed by atoms with Crippen molar-refractivity contribution in [2.45, 2.75) is 26.8 Å². The molecule has 110 valence electrons. The summed E-state index contributed by atoms with van der Waals surface area (Å²) in [6.07, 6.45) is 0.0435. The van der Waals surface area contributed by atoms with Gasteiger partial charge in [0.05, 0.1) is 25.4 Å². The van der Waals surface area contributed by atoms with Gasteiger partial charge in [-0.25, -0.2) is 0 Å². The Balaban J connectivity index is 2.99. The molecular weight excluding hydrogens is 277 g/mol. The average molecular weight is 297 g/mol. The van der Waals surface area contributed by atoms with Crippen molar-refractivity contribution in [3.63, 3.8) is 0 Å². The first kappa shape index (κ1) is 16.7. The minimum Gasteiger partial charge on any atom is -0.309 e. The molecule has 0 bridgehead atoms. The van der Waals surface area contributed by atoms with Crippen molar-refractivity contribution in [2.75, 3.05) is 19.4 Å². The number of benzene rings is 1. The second-order valence-corrected chi connectivity index (χ2v) is 6.36. The van der Waals surface area contributed by atoms with Gasteiger partial charge in [-0.05, 0) is 31.9 Å². The molecule has 0 aliphatic carbocycles. The summed E-state index contributed by atoms with van der Waals surface area (Å²) >= 11 is 0. The van der Waals surface area contributed by atoms with Gasteiger partial charge >= 0.3 is 7.60 Å². The minimum absolute atomic E-state index is 0.0435. The summed E-state index contributed by atoms with van der Waals surface area (Å²) < 4.78 is 23.0. The van der Waals surface area contributed by atoms with Gasteiger partial charge in [-0.1, -0.05) is 34.9 Å². The molecule has 1 atom stereocenters. The van der Waals surface area contributed by atoms with Crippen molar-refractivity contribution >= 4 is 7.60 Å². The molecule has 20 heavy (non-hydrogen) atoms. The van der Waals surface area contributed by atoms with Crippen molar-refractivity contribution in [2.24, 2.45) is 5.11 Å². The first-order valence-electron chi connectivity index (χ1n) is 6.53. The quantitative estimate of drug-likeness (QED) is 0.304. The maximum atomic E-state index is 12.5. The molecule has 7 heteroatoms. The van der Waals surface area contributed by atoms with Crippen molar-refractivity contribution in [3.05, 3.63) is 45.8 Å². The third kappa shape index (κ3) is 4.99. The molecule has 0 radical (unpaired) electrons. The third-order valence-electron chi connectivity index (χ3n) is 2.70. The van der Waals surface area contributed by atoms with Gasteiger partial charge in [0.1, 0.15) is 0 Å². The summed E-state index contributed by atoms with van der Waals surface area (Å²) in [6.45, 7) is 6.04. The summed E-state index contributed by atoms with van der Waals surface area (Å²) in [7, 11) is -3.25. The van der Waals surface area contributed by atoms with Crippen LogP contribution in [0.2, 0.25) is 0 Å². The van der Waals surface area contributed by atoms with Crippen LogP contribution in [-0.2, 0) is 13.6 Å². The lowest BCUT2D eigenvalue weighted by molar-refractivity contribution is 0.218. The first-order chi connectivity index (χ1) is 9.54. The van der Waals surface area contributed by atoms with Crippen LogP contribution < -0.4 is 0 Å². The van der Waals surface area contributed by atoms with Crippen LogP contribution in [-0.4, -0.2) is 19.4 Å². The van der Waals surface area contributed by atoms with E-state index in [0.29, 0.717) is 0 Å². The van der Waals surface area contributed by atoms with E-state index in [9.17, 15) is 4.57 Å². The molecule has 0 amide bonds. The average Bonchev–Trinajstić information content (AvgIpc) is 2.39. The van der Waals surface area contributed by atoms with Gasteiger partial charge in [-0.2, -0.15) is 0 Å². The summed E-state index contributed by atoms with van der Waals surface area (Å²) in [5, 5.41) is 3.72. The Morgan fingerprint density at radius 1 is 1.25 bits per heavy atom. The van der Waals surface area contributed by atoms with Gasteiger partial charge in [0.25, 0.3) is 0 Å². The van der Waals surface area contributed by atoms with Crippen LogP contribution in [0.3, 0.4) is 0 Å². The van der Waals surface area contributed by atoms with Crippen molar-refractivity contribution in [3.8, 4) is 0 Å². The molecule has 1 rings (SSSR count). The normalized spacial score (nSPS) is 12.8. The minimum atomic E-state index is -3.25. The van der Waals surface area contributed by atoms with Gasteiger partial charge in [-0.3, -0.25) is 4.57 Å². The monoisotopic (exact) mass is 297 g/mol. The van der Waals surface area contributed by atoms with Gasteiger partial charge in [0.15, 0.2) is 0 Å². The van der Waals surface area contributed by atoms with E-state index in [-0.39, 0.29) is 19.4 Å². The van der Waals surface area contributed by atoms with Crippen LogP contribution in [0, 0.1) is 6.92 Å². The Bertz CT molecular complexity index is 502. The summed E-state index contributed by atoms with van der Waals surface area (Å²) in [4.78, 5) is 2.83. The van der Waals surface area contributed by atoms with Crippen molar-refractivity contribution < 1.29 is 13.6 Å². The lowest BCUT2D eigenvalue weighted by atomic mass is 10.1. The lowest BCUT2D eigenvalue weighted by Crippen LogP contribution is -2.07. The van der Waals surface area contributed by atoms with E-state index >= 15 is 0 Å². The van der Waals surface area contributed by atoms with Crippen molar-refractivity contribution in [1.29, 1.82) is 0 Å². The highest BCUT2D eigenvalue weighted by Crippen LogP contribution is 2.51. The largest absolute Gasteiger partial charge is 0.331 e. The van der Waals surface area contributed by atoms with Crippen LogP contribution in [0.1, 0.15) is 31.0 Å². The summed E-state index contributed by atoms with van der Waals surface area (Å²) in [5.41, 5.74) is 10.6. The molecule has 0 saturated heterocycles. The fraction of sp³-hybridized carbons (Fsp3) is 0.538. The van der Waals surface area contributed by atoms with Crippen LogP contribution in [0.15, 0.2) is 29.4 Å². The second kappa shape index (κ2) is 8.08. The molecular formula is C13H20N3O3P. The van der Waals surface area contributed by atoms with E-state index in [2.05, 4.69) is 10.0 Å². The van der Waals surface area contributed by atoms with Crippen molar-refractivity contribution in [1.82, 2.24) is 0 Å². The van der Waals surface area contributed by atoms with E-state index in [1.165, 1.54) is 0 Å². The van der Waals surface area contributed by atoms with Gasteiger partial charge < -0.3 is 9.05 Å². The topological polar surface area (TPSA) is 84.3 Å². The zero-order valence-corrected chi connectivity index (χ0v) is 12.9.